The highest BCUT2D eigenvalue weighted by Gasteiger charge is 2.14. The zero-order valence-corrected chi connectivity index (χ0v) is 12.9. The van der Waals surface area contributed by atoms with Gasteiger partial charge in [0, 0.05) is 34.4 Å². The lowest BCUT2D eigenvalue weighted by Crippen LogP contribution is -2.28. The van der Waals surface area contributed by atoms with Crippen molar-refractivity contribution in [2.24, 2.45) is 0 Å². The molecule has 0 saturated carbocycles. The number of hydrogen-bond donors (Lipinski definition) is 1. The van der Waals surface area contributed by atoms with E-state index in [1.54, 1.807) is 12.1 Å². The quantitative estimate of drug-likeness (QED) is 0.612. The number of halogens is 1. The van der Waals surface area contributed by atoms with E-state index in [-0.39, 0.29) is 10.6 Å². The minimum Gasteiger partial charge on any atom is -0.309 e. The first kappa shape index (κ1) is 15.5. The molecule has 1 atom stereocenters. The molecular formula is C12H17BrN2O2S. The van der Waals surface area contributed by atoms with Gasteiger partial charge in [-0.1, -0.05) is 22.9 Å². The molecule has 0 spiro atoms. The zero-order chi connectivity index (χ0) is 13.5. The average Bonchev–Trinajstić information content (AvgIpc) is 2.34. The van der Waals surface area contributed by atoms with E-state index < -0.39 is 0 Å². The van der Waals surface area contributed by atoms with Gasteiger partial charge in [-0.2, -0.15) is 11.8 Å². The van der Waals surface area contributed by atoms with Crippen LogP contribution in [0.5, 0.6) is 0 Å². The van der Waals surface area contributed by atoms with Gasteiger partial charge in [-0.15, -0.1) is 0 Å². The molecule has 0 radical (unpaired) electrons. The largest absolute Gasteiger partial charge is 0.309 e. The molecule has 1 rings (SSSR count). The molecule has 1 unspecified atom stereocenters. The summed E-state index contributed by atoms with van der Waals surface area (Å²) in [5, 5.41) is 14.3. The first-order valence-electron chi connectivity index (χ1n) is 5.78. The summed E-state index contributed by atoms with van der Waals surface area (Å²) < 4.78 is 0.729. The van der Waals surface area contributed by atoms with Crippen LogP contribution in [0.25, 0.3) is 0 Å². The van der Waals surface area contributed by atoms with Crippen molar-refractivity contribution >= 4 is 33.4 Å². The maximum Gasteiger partial charge on any atom is 0.275 e. The fourth-order valence-corrected chi connectivity index (χ4v) is 2.55. The standard InChI is InChI=1S/C12H17BrN2O2S/c1-3-18-8-9(2)14-7-10-4-5-11(13)6-12(10)15(16)17/h4-6,9,14H,3,7-8H2,1-2H3. The lowest BCUT2D eigenvalue weighted by Gasteiger charge is -2.13. The smallest absolute Gasteiger partial charge is 0.275 e. The summed E-state index contributed by atoms with van der Waals surface area (Å²) in [5.41, 5.74) is 0.878. The second-order valence-corrected chi connectivity index (χ2v) is 6.21. The third-order valence-electron chi connectivity index (χ3n) is 2.46. The maximum atomic E-state index is 10.9. The van der Waals surface area contributed by atoms with Crippen LogP contribution in [0.3, 0.4) is 0 Å². The van der Waals surface area contributed by atoms with E-state index in [4.69, 9.17) is 0 Å². The van der Waals surface area contributed by atoms with Gasteiger partial charge in [0.2, 0.25) is 0 Å². The Morgan fingerprint density at radius 3 is 2.89 bits per heavy atom. The summed E-state index contributed by atoms with van der Waals surface area (Å²) in [6.45, 7) is 4.74. The van der Waals surface area contributed by atoms with Crippen molar-refractivity contribution in [1.82, 2.24) is 5.32 Å². The van der Waals surface area contributed by atoms with Gasteiger partial charge in [0.15, 0.2) is 0 Å². The van der Waals surface area contributed by atoms with Gasteiger partial charge in [0.25, 0.3) is 5.69 Å². The van der Waals surface area contributed by atoms with Crippen molar-refractivity contribution < 1.29 is 4.92 Å². The normalized spacial score (nSPS) is 12.4. The van der Waals surface area contributed by atoms with E-state index in [1.165, 1.54) is 0 Å². The maximum absolute atomic E-state index is 10.9. The molecule has 0 saturated heterocycles. The fourth-order valence-electron chi connectivity index (χ4n) is 1.49. The van der Waals surface area contributed by atoms with Crippen molar-refractivity contribution in [3.05, 3.63) is 38.3 Å². The summed E-state index contributed by atoms with van der Waals surface area (Å²) in [5.74, 6) is 2.10. The number of hydrogen-bond acceptors (Lipinski definition) is 4. The Morgan fingerprint density at radius 2 is 2.28 bits per heavy atom. The van der Waals surface area contributed by atoms with Gasteiger partial charge in [-0.25, -0.2) is 0 Å². The minimum absolute atomic E-state index is 0.159. The lowest BCUT2D eigenvalue weighted by molar-refractivity contribution is -0.385. The molecule has 0 aliphatic rings. The van der Waals surface area contributed by atoms with Crippen LogP contribution in [-0.2, 0) is 6.54 Å². The Bertz CT molecular complexity index is 415. The summed E-state index contributed by atoms with van der Waals surface area (Å²) >= 11 is 5.11. The molecule has 0 amide bonds. The van der Waals surface area contributed by atoms with E-state index in [0.717, 1.165) is 21.5 Å². The van der Waals surface area contributed by atoms with E-state index in [1.807, 2.05) is 17.8 Å². The van der Waals surface area contributed by atoms with Crippen molar-refractivity contribution in [2.45, 2.75) is 26.4 Å². The lowest BCUT2D eigenvalue weighted by atomic mass is 10.1. The van der Waals surface area contributed by atoms with Gasteiger partial charge in [-0.3, -0.25) is 10.1 Å². The summed E-state index contributed by atoms with van der Waals surface area (Å²) in [6, 6.07) is 5.51. The van der Waals surface area contributed by atoms with Crippen LogP contribution in [0, 0.1) is 10.1 Å². The highest BCUT2D eigenvalue weighted by molar-refractivity contribution is 9.10. The fraction of sp³-hybridized carbons (Fsp3) is 0.500. The first-order chi connectivity index (χ1) is 8.54. The number of nitro groups is 1. The average molecular weight is 333 g/mol. The molecule has 100 valence electrons. The molecule has 0 aliphatic carbocycles. The topological polar surface area (TPSA) is 55.2 Å². The van der Waals surface area contributed by atoms with Gasteiger partial charge < -0.3 is 5.32 Å². The number of thioether (sulfide) groups is 1. The van der Waals surface area contributed by atoms with Gasteiger partial charge in [0.1, 0.15) is 0 Å². The number of nitrogens with zero attached hydrogens (tertiary/aromatic N) is 1. The van der Waals surface area contributed by atoms with Crippen molar-refractivity contribution in [2.75, 3.05) is 11.5 Å². The van der Waals surface area contributed by atoms with E-state index in [0.29, 0.717) is 12.6 Å². The molecule has 0 fully saturated rings. The van der Waals surface area contributed by atoms with Crippen LogP contribution in [0.1, 0.15) is 19.4 Å². The third-order valence-corrected chi connectivity index (χ3v) is 4.09. The molecule has 0 aliphatic heterocycles. The van der Waals surface area contributed by atoms with Crippen molar-refractivity contribution in [3.8, 4) is 0 Å². The minimum atomic E-state index is -0.340. The third kappa shape index (κ3) is 4.96. The Labute approximate surface area is 120 Å². The summed E-state index contributed by atoms with van der Waals surface area (Å²) in [4.78, 5) is 10.6. The molecule has 0 heterocycles. The molecule has 0 aromatic heterocycles. The second kappa shape index (κ2) is 7.76. The monoisotopic (exact) mass is 332 g/mol. The van der Waals surface area contributed by atoms with Crippen LogP contribution in [0.2, 0.25) is 0 Å². The predicted octanol–water partition coefficient (Wildman–Crippen LogP) is 3.59. The Balaban J connectivity index is 2.64. The van der Waals surface area contributed by atoms with Crippen LogP contribution in [0.4, 0.5) is 5.69 Å². The SMILES string of the molecule is CCSCC(C)NCc1ccc(Br)cc1[N+](=O)[O-]. The highest BCUT2D eigenvalue weighted by Crippen LogP contribution is 2.23. The van der Waals surface area contributed by atoms with Crippen LogP contribution < -0.4 is 5.32 Å². The number of nitrogens with one attached hydrogen (secondary N) is 1. The van der Waals surface area contributed by atoms with Gasteiger partial charge >= 0.3 is 0 Å². The van der Waals surface area contributed by atoms with Crippen molar-refractivity contribution in [3.63, 3.8) is 0 Å². The summed E-state index contributed by atoms with van der Waals surface area (Å²) in [7, 11) is 0. The highest BCUT2D eigenvalue weighted by atomic mass is 79.9. The molecule has 1 aromatic carbocycles. The van der Waals surface area contributed by atoms with Gasteiger partial charge in [-0.05, 0) is 24.8 Å². The van der Waals surface area contributed by atoms with Crippen LogP contribution in [-0.4, -0.2) is 22.5 Å². The summed E-state index contributed by atoms with van der Waals surface area (Å²) in [6.07, 6.45) is 0. The number of benzene rings is 1. The molecule has 4 nitrogen and oxygen atoms in total. The Hall–Kier alpha value is -0.590. The van der Waals surface area contributed by atoms with Crippen LogP contribution >= 0.6 is 27.7 Å². The number of nitro benzene ring substituents is 1. The zero-order valence-electron chi connectivity index (χ0n) is 10.5. The molecule has 0 bridgehead atoms. The Kier molecular flexibility index (Phi) is 6.67. The molecule has 1 N–H and O–H groups in total. The molecule has 1 aromatic rings. The van der Waals surface area contributed by atoms with Crippen LogP contribution in [0.15, 0.2) is 22.7 Å². The first-order valence-corrected chi connectivity index (χ1v) is 7.73. The molecule has 18 heavy (non-hydrogen) atoms. The van der Waals surface area contributed by atoms with E-state index in [9.17, 15) is 10.1 Å². The van der Waals surface area contributed by atoms with Gasteiger partial charge in [0.05, 0.1) is 4.92 Å². The van der Waals surface area contributed by atoms with E-state index in [2.05, 4.69) is 35.1 Å². The van der Waals surface area contributed by atoms with Crippen molar-refractivity contribution in [1.29, 1.82) is 0 Å². The number of rotatable bonds is 7. The second-order valence-electron chi connectivity index (χ2n) is 3.97. The van der Waals surface area contributed by atoms with E-state index >= 15 is 0 Å². The Morgan fingerprint density at radius 1 is 1.56 bits per heavy atom. The molecule has 6 heteroatoms. The predicted molar refractivity (Wildman–Crippen MR) is 80.1 cm³/mol. The molecular weight excluding hydrogens is 316 g/mol.